The number of fused-ring (bicyclic) bond motifs is 1. The highest BCUT2D eigenvalue weighted by molar-refractivity contribution is 6.48. The van der Waals surface area contributed by atoms with Gasteiger partial charge in [0.25, 0.3) is 0 Å². The number of piperidine rings is 1. The standard InChI is InChI=1S/C17H21FN4.C13H15N3O2/c1-21-16(5-2-12-8-17(12)21)11-22-7-6-15(20-22)9-14-4-3-13(18)10-19-14;1-11(12-4-2-3-5-14-12)13(10-17)15-16-6-8-18-9-7-16/h3-4,6-7,10,12,16-17H,2,5,8-9,11H2,1H3;2-5,10H,1,6-9H2/b;15-13-/t12-,16+,17+;/m1./s1. The van der Waals surface area contributed by atoms with Gasteiger partial charge in [-0.2, -0.15) is 10.2 Å². The van der Waals surface area contributed by atoms with Gasteiger partial charge in [-0.05, 0) is 62.6 Å². The number of carbonyl (C=O) groups is 1. The molecule has 0 bridgehead atoms. The van der Waals surface area contributed by atoms with Crippen molar-refractivity contribution in [2.24, 2.45) is 11.0 Å². The molecule has 3 aliphatic rings. The van der Waals surface area contributed by atoms with E-state index >= 15 is 0 Å². The first-order valence-corrected chi connectivity index (χ1v) is 13.8. The van der Waals surface area contributed by atoms with Crippen LogP contribution in [-0.4, -0.2) is 87.1 Å². The second kappa shape index (κ2) is 13.1. The van der Waals surface area contributed by atoms with Gasteiger partial charge in [-0.15, -0.1) is 0 Å². The van der Waals surface area contributed by atoms with Crippen LogP contribution in [0.3, 0.4) is 0 Å². The van der Waals surface area contributed by atoms with Crippen LogP contribution in [0.4, 0.5) is 4.39 Å². The number of likely N-dealkylation sites (tertiary alicyclic amines) is 1. The third-order valence-corrected chi connectivity index (χ3v) is 7.73. The van der Waals surface area contributed by atoms with E-state index < -0.39 is 0 Å². The largest absolute Gasteiger partial charge is 0.378 e. The smallest absolute Gasteiger partial charge is 0.170 e. The first kappa shape index (κ1) is 27.8. The highest BCUT2D eigenvalue weighted by atomic mass is 19.1. The summed E-state index contributed by atoms with van der Waals surface area (Å²) in [6, 6.07) is 12.1. The number of aromatic nitrogens is 4. The number of nitrogens with zero attached hydrogens (tertiary/aromatic N) is 7. The van der Waals surface area contributed by atoms with Crippen LogP contribution in [0, 0.1) is 11.7 Å². The lowest BCUT2D eigenvalue weighted by atomic mass is 10.0. The minimum atomic E-state index is -0.298. The zero-order valence-electron chi connectivity index (χ0n) is 22.9. The number of allylic oxidation sites excluding steroid dienone is 1. The number of morpholine rings is 1. The summed E-state index contributed by atoms with van der Waals surface area (Å²) in [4.78, 5) is 21.9. The number of rotatable bonds is 8. The fourth-order valence-electron chi connectivity index (χ4n) is 5.29. The maximum absolute atomic E-state index is 12.9. The highest BCUT2D eigenvalue weighted by Gasteiger charge is 2.45. The SMILES string of the molecule is C=C(/C(C=O)=N\N1CCOCC1)c1ccccn1.CN1[C@H](Cn2ccc(Cc3ccc(F)cn3)n2)CC[C@@H]2C[C@@H]21. The van der Waals surface area contributed by atoms with Crippen LogP contribution in [0.15, 0.2) is 66.7 Å². The lowest BCUT2D eigenvalue weighted by molar-refractivity contribution is -0.102. The summed E-state index contributed by atoms with van der Waals surface area (Å²) >= 11 is 0. The van der Waals surface area contributed by atoms with E-state index in [1.54, 1.807) is 18.3 Å². The molecular weight excluding hydrogens is 509 g/mol. The molecule has 3 atom stereocenters. The molecule has 2 aliphatic heterocycles. The van der Waals surface area contributed by atoms with Gasteiger partial charge < -0.3 is 4.74 Å². The quantitative estimate of drug-likeness (QED) is 0.316. The third kappa shape index (κ3) is 7.25. The number of ether oxygens (including phenoxy) is 1. The molecule has 0 unspecified atom stereocenters. The Morgan fingerprint density at radius 1 is 1.15 bits per heavy atom. The molecule has 3 aromatic rings. The molecule has 0 amide bonds. The normalized spacial score (nSPS) is 22.6. The fraction of sp³-hybridized carbons (Fsp3) is 0.433. The van der Waals surface area contributed by atoms with Gasteiger partial charge in [0, 0.05) is 42.2 Å². The van der Waals surface area contributed by atoms with Crippen molar-refractivity contribution in [3.8, 4) is 0 Å². The summed E-state index contributed by atoms with van der Waals surface area (Å²) in [6.45, 7) is 7.47. The Balaban J connectivity index is 0.000000165. The van der Waals surface area contributed by atoms with Gasteiger partial charge in [0.1, 0.15) is 11.5 Å². The Kier molecular flexibility index (Phi) is 9.08. The van der Waals surface area contributed by atoms with Crippen molar-refractivity contribution in [3.05, 3.63) is 84.5 Å². The van der Waals surface area contributed by atoms with Crippen LogP contribution >= 0.6 is 0 Å². The van der Waals surface area contributed by atoms with Gasteiger partial charge in [0.2, 0.25) is 0 Å². The van der Waals surface area contributed by atoms with Crippen molar-refractivity contribution in [3.63, 3.8) is 0 Å². The van der Waals surface area contributed by atoms with Crippen molar-refractivity contribution in [1.82, 2.24) is 29.7 Å². The molecule has 0 aromatic carbocycles. The summed E-state index contributed by atoms with van der Waals surface area (Å²) in [7, 11) is 2.25. The van der Waals surface area contributed by atoms with Crippen molar-refractivity contribution in [2.45, 2.75) is 44.3 Å². The Bertz CT molecular complexity index is 1310. The van der Waals surface area contributed by atoms with Crippen molar-refractivity contribution < 1.29 is 13.9 Å². The number of carbonyl (C=O) groups excluding carboxylic acids is 1. The summed E-state index contributed by atoms with van der Waals surface area (Å²) in [5.74, 6) is 0.659. The Morgan fingerprint density at radius 3 is 2.73 bits per heavy atom. The fourth-order valence-corrected chi connectivity index (χ4v) is 5.29. The molecule has 1 aliphatic carbocycles. The predicted molar refractivity (Wildman–Crippen MR) is 151 cm³/mol. The molecule has 1 saturated carbocycles. The van der Waals surface area contributed by atoms with Crippen LogP contribution in [0.5, 0.6) is 0 Å². The number of halogens is 1. The van der Waals surface area contributed by atoms with Crippen LogP contribution in [0.1, 0.15) is 36.3 Å². The topological polar surface area (TPSA) is 88.7 Å². The zero-order chi connectivity index (χ0) is 27.9. The van der Waals surface area contributed by atoms with E-state index in [1.165, 1.54) is 31.5 Å². The molecule has 0 radical (unpaired) electrons. The van der Waals surface area contributed by atoms with Crippen molar-refractivity contribution >= 4 is 17.6 Å². The van der Waals surface area contributed by atoms with E-state index in [2.05, 4.69) is 38.7 Å². The monoisotopic (exact) mass is 545 g/mol. The van der Waals surface area contributed by atoms with Gasteiger partial charge in [-0.25, -0.2) is 4.39 Å². The van der Waals surface area contributed by atoms with E-state index in [1.807, 2.05) is 34.1 Å². The zero-order valence-corrected chi connectivity index (χ0v) is 22.9. The minimum absolute atomic E-state index is 0.298. The summed E-state index contributed by atoms with van der Waals surface area (Å²) in [5.41, 5.74) is 3.36. The van der Waals surface area contributed by atoms with Crippen LogP contribution < -0.4 is 0 Å². The second-order valence-electron chi connectivity index (χ2n) is 10.5. The van der Waals surface area contributed by atoms with Crippen molar-refractivity contribution in [2.75, 3.05) is 33.4 Å². The number of likely N-dealkylation sites (N-methyl/N-ethyl adjacent to an activating group) is 1. The van der Waals surface area contributed by atoms with E-state index in [4.69, 9.17) is 4.74 Å². The molecule has 0 N–H and O–H groups in total. The first-order chi connectivity index (χ1) is 19.5. The number of hydrogen-bond donors (Lipinski definition) is 0. The summed E-state index contributed by atoms with van der Waals surface area (Å²) in [5, 5.41) is 10.8. The van der Waals surface area contributed by atoms with Gasteiger partial charge in [0.05, 0.1) is 50.4 Å². The second-order valence-corrected chi connectivity index (χ2v) is 10.5. The van der Waals surface area contributed by atoms with Gasteiger partial charge in [-0.3, -0.25) is 29.4 Å². The highest BCUT2D eigenvalue weighted by Crippen LogP contribution is 2.44. The maximum atomic E-state index is 12.9. The van der Waals surface area contributed by atoms with E-state index in [-0.39, 0.29) is 5.82 Å². The van der Waals surface area contributed by atoms with Crippen LogP contribution in [0.2, 0.25) is 0 Å². The first-order valence-electron chi connectivity index (χ1n) is 13.8. The molecule has 40 heavy (non-hydrogen) atoms. The summed E-state index contributed by atoms with van der Waals surface area (Å²) < 4.78 is 20.1. The molecule has 9 nitrogen and oxygen atoms in total. The molecule has 2 saturated heterocycles. The molecule has 210 valence electrons. The average Bonchev–Trinajstić information content (AvgIpc) is 3.67. The Hall–Kier alpha value is -3.76. The lowest BCUT2D eigenvalue weighted by Crippen LogP contribution is -2.40. The molecule has 3 aromatic heterocycles. The molecule has 5 heterocycles. The lowest BCUT2D eigenvalue weighted by Gasteiger charge is -2.32. The van der Waals surface area contributed by atoms with Crippen LogP contribution in [0.25, 0.3) is 5.57 Å². The molecule has 3 fully saturated rings. The van der Waals surface area contributed by atoms with E-state index in [9.17, 15) is 9.18 Å². The third-order valence-electron chi connectivity index (χ3n) is 7.73. The number of hydrogen-bond acceptors (Lipinski definition) is 8. The minimum Gasteiger partial charge on any atom is -0.378 e. The van der Waals surface area contributed by atoms with Gasteiger partial charge in [0.15, 0.2) is 6.29 Å². The van der Waals surface area contributed by atoms with Gasteiger partial charge >= 0.3 is 0 Å². The molecule has 10 heteroatoms. The Morgan fingerprint density at radius 2 is 2.00 bits per heavy atom. The maximum Gasteiger partial charge on any atom is 0.170 e. The number of aldehydes is 1. The number of hydrazone groups is 1. The van der Waals surface area contributed by atoms with Crippen molar-refractivity contribution in [1.29, 1.82) is 0 Å². The molecular formula is C30H36FN7O2. The van der Waals surface area contributed by atoms with Crippen LogP contribution in [-0.2, 0) is 22.5 Å². The average molecular weight is 546 g/mol. The molecule has 0 spiro atoms. The number of pyridine rings is 2. The van der Waals surface area contributed by atoms with E-state index in [0.29, 0.717) is 62.0 Å². The van der Waals surface area contributed by atoms with Gasteiger partial charge in [-0.1, -0.05) is 12.6 Å². The summed E-state index contributed by atoms with van der Waals surface area (Å²) in [6.07, 6.45) is 10.4. The molecule has 6 rings (SSSR count). The van der Waals surface area contributed by atoms with E-state index in [0.717, 1.165) is 29.9 Å². The Labute approximate surface area is 234 Å². The predicted octanol–water partition coefficient (Wildman–Crippen LogP) is 3.47.